The fourth-order valence-electron chi connectivity index (χ4n) is 4.80. The maximum Gasteiger partial charge on any atom is 0.264 e. The van der Waals surface area contributed by atoms with Crippen molar-refractivity contribution in [2.24, 2.45) is 5.92 Å². The fraction of sp³-hybridized carbons (Fsp3) is 0.257. The summed E-state index contributed by atoms with van der Waals surface area (Å²) in [6, 6.07) is 26.0. The van der Waals surface area contributed by atoms with E-state index in [9.17, 15) is 18.0 Å². The largest absolute Gasteiger partial charge is 0.354 e. The zero-order valence-corrected chi connectivity index (χ0v) is 28.9. The molecule has 0 saturated heterocycles. The van der Waals surface area contributed by atoms with Crippen LogP contribution in [0.3, 0.4) is 0 Å². The number of amides is 2. The van der Waals surface area contributed by atoms with Crippen LogP contribution >= 0.6 is 34.8 Å². The molecule has 7 nitrogen and oxygen atoms in total. The molecule has 0 heterocycles. The van der Waals surface area contributed by atoms with Gasteiger partial charge in [-0.25, -0.2) is 8.42 Å². The smallest absolute Gasteiger partial charge is 0.264 e. The number of anilines is 1. The van der Waals surface area contributed by atoms with Crippen LogP contribution in [0.2, 0.25) is 15.1 Å². The van der Waals surface area contributed by atoms with Crippen molar-refractivity contribution in [2.75, 3.05) is 17.4 Å². The van der Waals surface area contributed by atoms with Gasteiger partial charge in [0, 0.05) is 24.5 Å². The van der Waals surface area contributed by atoms with Gasteiger partial charge in [0.15, 0.2) is 0 Å². The Hall–Kier alpha value is -3.56. The normalized spacial score (nSPS) is 12.1. The summed E-state index contributed by atoms with van der Waals surface area (Å²) in [5.74, 6) is -0.789. The number of aryl methyl sites for hydroxylation is 1. The van der Waals surface area contributed by atoms with E-state index in [1.807, 2.05) is 44.2 Å². The molecular formula is C35H36Cl3N3O4S. The molecular weight excluding hydrogens is 665 g/mol. The van der Waals surface area contributed by atoms with Crippen molar-refractivity contribution in [1.29, 1.82) is 0 Å². The summed E-state index contributed by atoms with van der Waals surface area (Å²) in [5, 5.41) is 3.95. The minimum Gasteiger partial charge on any atom is -0.354 e. The van der Waals surface area contributed by atoms with E-state index < -0.39 is 28.5 Å². The van der Waals surface area contributed by atoms with E-state index in [2.05, 4.69) is 5.32 Å². The Morgan fingerprint density at radius 2 is 1.43 bits per heavy atom. The lowest BCUT2D eigenvalue weighted by Crippen LogP contribution is -2.53. The van der Waals surface area contributed by atoms with Crippen LogP contribution in [0.5, 0.6) is 0 Å². The lowest BCUT2D eigenvalue weighted by molar-refractivity contribution is -0.140. The Morgan fingerprint density at radius 3 is 2.04 bits per heavy atom. The third kappa shape index (κ3) is 9.04. The molecule has 1 atom stereocenters. The molecule has 4 rings (SSSR count). The topological polar surface area (TPSA) is 86.8 Å². The Morgan fingerprint density at radius 1 is 0.783 bits per heavy atom. The molecule has 0 aromatic heterocycles. The van der Waals surface area contributed by atoms with Gasteiger partial charge in [-0.05, 0) is 65.9 Å². The summed E-state index contributed by atoms with van der Waals surface area (Å²) in [6.07, 6.45) is 0.194. The van der Waals surface area contributed by atoms with Crippen molar-refractivity contribution in [3.63, 3.8) is 0 Å². The van der Waals surface area contributed by atoms with E-state index in [1.54, 1.807) is 55.5 Å². The summed E-state index contributed by atoms with van der Waals surface area (Å²) in [6.45, 7) is 5.52. The Labute approximate surface area is 286 Å². The highest BCUT2D eigenvalue weighted by Crippen LogP contribution is 2.29. The highest BCUT2D eigenvalue weighted by Gasteiger charge is 2.35. The Balaban J connectivity index is 1.82. The summed E-state index contributed by atoms with van der Waals surface area (Å²) in [4.78, 5) is 29.8. The number of carbonyl (C=O) groups excluding carboxylic acids is 2. The van der Waals surface area contributed by atoms with Gasteiger partial charge in [-0.2, -0.15) is 0 Å². The van der Waals surface area contributed by atoms with E-state index in [4.69, 9.17) is 34.8 Å². The van der Waals surface area contributed by atoms with E-state index in [-0.39, 0.29) is 40.4 Å². The van der Waals surface area contributed by atoms with E-state index in [0.29, 0.717) is 22.2 Å². The lowest BCUT2D eigenvalue weighted by atomic mass is 10.0. The predicted molar refractivity (Wildman–Crippen MR) is 186 cm³/mol. The minimum absolute atomic E-state index is 0.00559. The van der Waals surface area contributed by atoms with E-state index in [0.717, 1.165) is 15.4 Å². The molecule has 1 N–H and O–H groups in total. The van der Waals surface area contributed by atoms with Gasteiger partial charge in [0.25, 0.3) is 10.0 Å². The minimum atomic E-state index is -4.24. The van der Waals surface area contributed by atoms with Gasteiger partial charge in [0.05, 0.1) is 20.6 Å². The highest BCUT2D eigenvalue weighted by atomic mass is 35.5. The molecule has 0 spiro atoms. The first-order valence-electron chi connectivity index (χ1n) is 14.8. The number of rotatable bonds is 13. The maximum atomic E-state index is 14.5. The van der Waals surface area contributed by atoms with Crippen LogP contribution in [0.4, 0.5) is 5.69 Å². The second-order valence-corrected chi connectivity index (χ2v) is 14.5. The number of nitrogens with zero attached hydrogens (tertiary/aromatic N) is 2. The van der Waals surface area contributed by atoms with Crippen molar-refractivity contribution < 1.29 is 18.0 Å². The molecule has 242 valence electrons. The molecule has 0 aliphatic heterocycles. The molecule has 0 aliphatic rings. The third-order valence-corrected chi connectivity index (χ3v) is 10.3. The van der Waals surface area contributed by atoms with Gasteiger partial charge in [0.2, 0.25) is 11.8 Å². The van der Waals surface area contributed by atoms with Crippen LogP contribution in [-0.4, -0.2) is 44.3 Å². The van der Waals surface area contributed by atoms with Gasteiger partial charge in [-0.15, -0.1) is 0 Å². The van der Waals surface area contributed by atoms with Crippen molar-refractivity contribution >= 4 is 62.3 Å². The number of carbonyl (C=O) groups is 2. The molecule has 2 amide bonds. The molecule has 0 radical (unpaired) electrons. The molecule has 0 aliphatic carbocycles. The molecule has 4 aromatic carbocycles. The van der Waals surface area contributed by atoms with Crippen LogP contribution in [-0.2, 0) is 32.6 Å². The summed E-state index contributed by atoms with van der Waals surface area (Å²) >= 11 is 19.0. The molecule has 0 saturated carbocycles. The highest BCUT2D eigenvalue weighted by molar-refractivity contribution is 7.92. The van der Waals surface area contributed by atoms with Gasteiger partial charge in [-0.1, -0.05) is 109 Å². The SMILES string of the molecule is Cc1ccc(N(CC(=O)N(Cc2ccc(Cl)c(Cl)c2)C(Cc2ccccc2)C(=O)NCC(C)C)S(=O)(=O)c2ccccc2)cc1Cl. The van der Waals surface area contributed by atoms with Crippen molar-refractivity contribution in [1.82, 2.24) is 10.2 Å². The van der Waals surface area contributed by atoms with Gasteiger partial charge < -0.3 is 10.2 Å². The van der Waals surface area contributed by atoms with Crippen LogP contribution in [0.15, 0.2) is 102 Å². The molecule has 4 aromatic rings. The van der Waals surface area contributed by atoms with Gasteiger partial charge in [-0.3, -0.25) is 13.9 Å². The average molecular weight is 701 g/mol. The summed E-state index contributed by atoms with van der Waals surface area (Å²) < 4.78 is 29.2. The van der Waals surface area contributed by atoms with E-state index in [1.165, 1.54) is 23.1 Å². The summed E-state index contributed by atoms with van der Waals surface area (Å²) in [7, 11) is -4.24. The molecule has 1 unspecified atom stereocenters. The van der Waals surface area contributed by atoms with Crippen LogP contribution < -0.4 is 9.62 Å². The zero-order chi connectivity index (χ0) is 33.4. The number of sulfonamides is 1. The van der Waals surface area contributed by atoms with Gasteiger partial charge in [0.1, 0.15) is 12.6 Å². The van der Waals surface area contributed by atoms with E-state index >= 15 is 0 Å². The molecule has 46 heavy (non-hydrogen) atoms. The van der Waals surface area contributed by atoms with Crippen LogP contribution in [0, 0.1) is 12.8 Å². The molecule has 0 fully saturated rings. The van der Waals surface area contributed by atoms with Crippen molar-refractivity contribution in [3.8, 4) is 0 Å². The Bertz CT molecular complexity index is 1770. The van der Waals surface area contributed by atoms with Crippen molar-refractivity contribution in [3.05, 3.63) is 129 Å². The number of hydrogen-bond donors (Lipinski definition) is 1. The lowest BCUT2D eigenvalue weighted by Gasteiger charge is -2.34. The Kier molecular flexibility index (Phi) is 12.1. The summed E-state index contributed by atoms with van der Waals surface area (Å²) in [5.41, 5.74) is 2.41. The standard InChI is InChI=1S/C35H36Cl3N3O4S/c1-24(2)21-39-35(43)33(19-26-10-6-4-7-11-26)40(22-27-15-17-30(36)32(38)18-27)34(42)23-41(28-16-14-25(3)31(37)20-28)46(44,45)29-12-8-5-9-13-29/h4-18,20,24,33H,19,21-23H2,1-3H3,(H,39,43). The second kappa shape index (κ2) is 15.8. The van der Waals surface area contributed by atoms with Gasteiger partial charge >= 0.3 is 0 Å². The first-order chi connectivity index (χ1) is 21.9. The molecule has 0 bridgehead atoms. The third-order valence-electron chi connectivity index (χ3n) is 7.35. The maximum absolute atomic E-state index is 14.5. The molecule has 11 heteroatoms. The number of hydrogen-bond acceptors (Lipinski definition) is 4. The second-order valence-electron chi connectivity index (χ2n) is 11.4. The number of halogens is 3. The zero-order valence-electron chi connectivity index (χ0n) is 25.8. The quantitative estimate of drug-likeness (QED) is 0.156. The number of nitrogens with one attached hydrogen (secondary N) is 1. The van der Waals surface area contributed by atoms with Crippen LogP contribution in [0.1, 0.15) is 30.5 Å². The van der Waals surface area contributed by atoms with Crippen LogP contribution in [0.25, 0.3) is 0 Å². The first kappa shape index (κ1) is 35.3. The fourth-order valence-corrected chi connectivity index (χ4v) is 6.72. The average Bonchev–Trinajstić information content (AvgIpc) is 3.04. The first-order valence-corrected chi connectivity index (χ1v) is 17.3. The number of benzene rings is 4. The van der Waals surface area contributed by atoms with Crippen molar-refractivity contribution in [2.45, 2.75) is 44.7 Å². The monoisotopic (exact) mass is 699 g/mol. The predicted octanol–water partition coefficient (Wildman–Crippen LogP) is 7.56.